The molecule has 4 heteroatoms. The fraction of sp³-hybridized carbons (Fsp3) is 0.462. The van der Waals surface area contributed by atoms with Gasteiger partial charge in [0.15, 0.2) is 0 Å². The number of carboxylic acid groups (broad SMARTS) is 1. The standard InChI is InChI=1S/C13H19NO2S/c1-9(7-14)17-8-11-3-5-12(6-4-11)10(2)13(15)16/h3-6,9-10H,7-8,14H2,1-2H3,(H,15,16). The summed E-state index contributed by atoms with van der Waals surface area (Å²) in [5, 5.41) is 9.35. The van der Waals surface area contributed by atoms with Crippen LogP contribution in [-0.2, 0) is 10.5 Å². The third-order valence-corrected chi connectivity index (χ3v) is 3.98. The van der Waals surface area contributed by atoms with Gasteiger partial charge in [0, 0.05) is 17.5 Å². The molecule has 3 nitrogen and oxygen atoms in total. The smallest absolute Gasteiger partial charge is 0.310 e. The monoisotopic (exact) mass is 253 g/mol. The van der Waals surface area contributed by atoms with E-state index in [0.29, 0.717) is 11.8 Å². The molecule has 0 spiro atoms. The van der Waals surface area contributed by atoms with Crippen LogP contribution in [0.4, 0.5) is 0 Å². The van der Waals surface area contributed by atoms with Crippen molar-refractivity contribution in [1.29, 1.82) is 0 Å². The van der Waals surface area contributed by atoms with Crippen LogP contribution in [0, 0.1) is 0 Å². The molecular formula is C13H19NO2S. The lowest BCUT2D eigenvalue weighted by molar-refractivity contribution is -0.138. The van der Waals surface area contributed by atoms with E-state index in [2.05, 4.69) is 6.92 Å². The molecule has 0 aliphatic rings. The van der Waals surface area contributed by atoms with Crippen LogP contribution >= 0.6 is 11.8 Å². The summed E-state index contributed by atoms with van der Waals surface area (Å²) in [7, 11) is 0. The number of nitrogens with two attached hydrogens (primary N) is 1. The van der Waals surface area contributed by atoms with E-state index in [9.17, 15) is 4.79 Å². The predicted octanol–water partition coefficient (Wildman–Crippen LogP) is 2.46. The van der Waals surface area contributed by atoms with Gasteiger partial charge in [-0.1, -0.05) is 31.2 Å². The van der Waals surface area contributed by atoms with Gasteiger partial charge >= 0.3 is 5.97 Å². The summed E-state index contributed by atoms with van der Waals surface area (Å²) in [5.74, 6) is -0.316. The van der Waals surface area contributed by atoms with E-state index in [0.717, 1.165) is 11.3 Å². The second kappa shape index (κ2) is 6.67. The van der Waals surface area contributed by atoms with Crippen LogP contribution in [0.2, 0.25) is 0 Å². The van der Waals surface area contributed by atoms with Gasteiger partial charge in [-0.2, -0.15) is 11.8 Å². The molecule has 0 bridgehead atoms. The first-order chi connectivity index (χ1) is 8.04. The second-order valence-corrected chi connectivity index (χ2v) is 5.59. The van der Waals surface area contributed by atoms with Crippen LogP contribution in [0.25, 0.3) is 0 Å². The van der Waals surface area contributed by atoms with Crippen molar-refractivity contribution in [2.45, 2.75) is 30.8 Å². The molecule has 3 N–H and O–H groups in total. The molecule has 1 aromatic carbocycles. The van der Waals surface area contributed by atoms with E-state index in [1.807, 2.05) is 36.0 Å². The zero-order valence-corrected chi connectivity index (χ0v) is 11.0. The van der Waals surface area contributed by atoms with E-state index in [-0.39, 0.29) is 0 Å². The largest absolute Gasteiger partial charge is 0.481 e. The SMILES string of the molecule is CC(CN)SCc1ccc(C(C)C(=O)O)cc1. The Morgan fingerprint density at radius 3 is 2.41 bits per heavy atom. The van der Waals surface area contributed by atoms with Gasteiger partial charge in [0.25, 0.3) is 0 Å². The molecule has 0 aromatic heterocycles. The molecular weight excluding hydrogens is 234 g/mol. The minimum atomic E-state index is -0.788. The Morgan fingerprint density at radius 2 is 1.94 bits per heavy atom. The summed E-state index contributed by atoms with van der Waals surface area (Å²) >= 11 is 1.81. The fourth-order valence-electron chi connectivity index (χ4n) is 1.35. The quantitative estimate of drug-likeness (QED) is 0.817. The van der Waals surface area contributed by atoms with Gasteiger partial charge in [-0.05, 0) is 18.1 Å². The summed E-state index contributed by atoms with van der Waals surface area (Å²) in [4.78, 5) is 10.8. The molecule has 1 rings (SSSR count). The summed E-state index contributed by atoms with van der Waals surface area (Å²) in [6, 6.07) is 7.76. The molecule has 0 saturated carbocycles. The van der Waals surface area contributed by atoms with E-state index in [1.165, 1.54) is 5.56 Å². The van der Waals surface area contributed by atoms with Gasteiger partial charge in [-0.25, -0.2) is 0 Å². The van der Waals surface area contributed by atoms with E-state index >= 15 is 0 Å². The summed E-state index contributed by atoms with van der Waals surface area (Å²) in [6.45, 7) is 4.48. The molecule has 0 saturated heterocycles. The van der Waals surface area contributed by atoms with Gasteiger partial charge in [-0.3, -0.25) is 4.79 Å². The minimum absolute atomic E-state index is 0.445. The maximum atomic E-state index is 10.8. The average Bonchev–Trinajstić information content (AvgIpc) is 2.35. The Balaban J connectivity index is 2.59. The second-order valence-electron chi connectivity index (χ2n) is 4.16. The highest BCUT2D eigenvalue weighted by Gasteiger charge is 2.12. The third kappa shape index (κ3) is 4.40. The first-order valence-electron chi connectivity index (χ1n) is 5.68. The van der Waals surface area contributed by atoms with Crippen molar-refractivity contribution in [2.24, 2.45) is 5.73 Å². The van der Waals surface area contributed by atoms with E-state index in [1.54, 1.807) is 6.92 Å². The first-order valence-corrected chi connectivity index (χ1v) is 6.72. The van der Waals surface area contributed by atoms with Crippen molar-refractivity contribution in [1.82, 2.24) is 0 Å². The minimum Gasteiger partial charge on any atom is -0.481 e. The highest BCUT2D eigenvalue weighted by atomic mass is 32.2. The topological polar surface area (TPSA) is 63.3 Å². The maximum Gasteiger partial charge on any atom is 0.310 e. The maximum absolute atomic E-state index is 10.8. The molecule has 0 aliphatic carbocycles. The Labute approximate surface area is 106 Å². The fourth-order valence-corrected chi connectivity index (χ4v) is 2.16. The summed E-state index contributed by atoms with van der Waals surface area (Å²) < 4.78 is 0. The Morgan fingerprint density at radius 1 is 1.35 bits per heavy atom. The number of hydrogen-bond acceptors (Lipinski definition) is 3. The zero-order valence-electron chi connectivity index (χ0n) is 10.2. The molecule has 2 unspecified atom stereocenters. The average molecular weight is 253 g/mol. The highest BCUT2D eigenvalue weighted by Crippen LogP contribution is 2.20. The lowest BCUT2D eigenvalue weighted by Crippen LogP contribution is -2.12. The lowest BCUT2D eigenvalue weighted by Gasteiger charge is -2.10. The summed E-state index contributed by atoms with van der Waals surface area (Å²) in [6.07, 6.45) is 0. The van der Waals surface area contributed by atoms with Crippen molar-refractivity contribution in [3.63, 3.8) is 0 Å². The number of rotatable bonds is 6. The number of carbonyl (C=O) groups is 1. The lowest BCUT2D eigenvalue weighted by atomic mass is 10.0. The Kier molecular flexibility index (Phi) is 5.51. The number of hydrogen-bond donors (Lipinski definition) is 2. The van der Waals surface area contributed by atoms with Crippen LogP contribution in [-0.4, -0.2) is 22.9 Å². The zero-order chi connectivity index (χ0) is 12.8. The van der Waals surface area contributed by atoms with E-state index < -0.39 is 11.9 Å². The summed E-state index contributed by atoms with van der Waals surface area (Å²) in [5.41, 5.74) is 7.60. The Bertz CT molecular complexity index is 364. The molecule has 1 aromatic rings. The molecule has 94 valence electrons. The van der Waals surface area contributed by atoms with Gasteiger partial charge < -0.3 is 10.8 Å². The Hall–Kier alpha value is -1.00. The number of carboxylic acids is 1. The van der Waals surface area contributed by atoms with Crippen molar-refractivity contribution in [2.75, 3.05) is 6.54 Å². The van der Waals surface area contributed by atoms with Crippen LogP contribution in [0.5, 0.6) is 0 Å². The molecule has 0 heterocycles. The van der Waals surface area contributed by atoms with Crippen LogP contribution in [0.15, 0.2) is 24.3 Å². The van der Waals surface area contributed by atoms with Crippen molar-refractivity contribution in [3.8, 4) is 0 Å². The number of benzene rings is 1. The van der Waals surface area contributed by atoms with Crippen LogP contribution in [0.1, 0.15) is 30.9 Å². The van der Waals surface area contributed by atoms with Gasteiger partial charge in [0.1, 0.15) is 0 Å². The van der Waals surface area contributed by atoms with Gasteiger partial charge in [0.05, 0.1) is 5.92 Å². The number of aliphatic carboxylic acids is 1. The highest BCUT2D eigenvalue weighted by molar-refractivity contribution is 7.99. The predicted molar refractivity (Wildman–Crippen MR) is 72.3 cm³/mol. The molecule has 0 fully saturated rings. The first kappa shape index (κ1) is 14.1. The molecule has 2 atom stereocenters. The van der Waals surface area contributed by atoms with Gasteiger partial charge in [-0.15, -0.1) is 0 Å². The van der Waals surface area contributed by atoms with E-state index in [4.69, 9.17) is 10.8 Å². The molecule has 0 amide bonds. The van der Waals surface area contributed by atoms with Crippen molar-refractivity contribution in [3.05, 3.63) is 35.4 Å². The normalized spacial score (nSPS) is 14.3. The van der Waals surface area contributed by atoms with Gasteiger partial charge in [0.2, 0.25) is 0 Å². The molecule has 0 radical (unpaired) electrons. The molecule has 0 aliphatic heterocycles. The van der Waals surface area contributed by atoms with Crippen molar-refractivity contribution < 1.29 is 9.90 Å². The van der Waals surface area contributed by atoms with Crippen LogP contribution in [0.3, 0.4) is 0 Å². The molecule has 17 heavy (non-hydrogen) atoms. The third-order valence-electron chi connectivity index (χ3n) is 2.72. The van der Waals surface area contributed by atoms with Crippen molar-refractivity contribution >= 4 is 17.7 Å². The van der Waals surface area contributed by atoms with Crippen LogP contribution < -0.4 is 5.73 Å². The number of thioether (sulfide) groups is 1.